The highest BCUT2D eigenvalue weighted by Crippen LogP contribution is 2.32. The predicted octanol–water partition coefficient (Wildman–Crippen LogP) is 5.56. The van der Waals surface area contributed by atoms with Gasteiger partial charge in [-0.2, -0.15) is 0 Å². The lowest BCUT2D eigenvalue weighted by atomic mass is 9.94. The van der Waals surface area contributed by atoms with E-state index in [1.54, 1.807) is 6.07 Å². The Kier molecular flexibility index (Phi) is 5.60. The lowest BCUT2D eigenvalue weighted by Gasteiger charge is -2.35. The molecular formula is C19H21Cl2NO. The summed E-state index contributed by atoms with van der Waals surface area (Å²) >= 11 is 12.2. The summed E-state index contributed by atoms with van der Waals surface area (Å²) in [6, 6.07) is 16.3. The van der Waals surface area contributed by atoms with Crippen molar-refractivity contribution in [1.82, 2.24) is 5.32 Å². The van der Waals surface area contributed by atoms with E-state index < -0.39 is 0 Å². The lowest BCUT2D eigenvalue weighted by Crippen LogP contribution is -2.39. The Labute approximate surface area is 147 Å². The molecule has 0 unspecified atom stereocenters. The molecule has 2 aromatic carbocycles. The maximum absolute atomic E-state index is 6.37. The van der Waals surface area contributed by atoms with Crippen LogP contribution < -0.4 is 5.32 Å². The van der Waals surface area contributed by atoms with Crippen molar-refractivity contribution < 1.29 is 4.74 Å². The van der Waals surface area contributed by atoms with E-state index >= 15 is 0 Å². The van der Waals surface area contributed by atoms with Gasteiger partial charge in [0.05, 0.1) is 18.2 Å². The van der Waals surface area contributed by atoms with Crippen LogP contribution in [-0.2, 0) is 4.74 Å². The van der Waals surface area contributed by atoms with Crippen molar-refractivity contribution in [1.29, 1.82) is 0 Å². The van der Waals surface area contributed by atoms with Crippen molar-refractivity contribution in [3.05, 3.63) is 69.7 Å². The van der Waals surface area contributed by atoms with Crippen LogP contribution in [-0.4, -0.2) is 12.6 Å². The zero-order valence-corrected chi connectivity index (χ0v) is 14.6. The molecule has 1 fully saturated rings. The van der Waals surface area contributed by atoms with Crippen LogP contribution in [0.4, 0.5) is 0 Å². The third-order valence-electron chi connectivity index (χ3n) is 4.29. The number of nitrogens with one attached hydrogen (secondary N) is 1. The van der Waals surface area contributed by atoms with Gasteiger partial charge < -0.3 is 10.1 Å². The van der Waals surface area contributed by atoms with Crippen molar-refractivity contribution in [2.45, 2.75) is 38.0 Å². The smallest absolute Gasteiger partial charge is 0.0802 e. The van der Waals surface area contributed by atoms with Crippen LogP contribution in [0.5, 0.6) is 0 Å². The quantitative estimate of drug-likeness (QED) is 0.779. The number of rotatable bonds is 4. The Morgan fingerprint density at radius 1 is 1.09 bits per heavy atom. The van der Waals surface area contributed by atoms with E-state index in [1.807, 2.05) is 18.2 Å². The molecule has 0 aromatic heterocycles. The largest absolute Gasteiger partial charge is 0.369 e. The zero-order chi connectivity index (χ0) is 16.2. The second-order valence-corrected chi connectivity index (χ2v) is 6.88. The molecule has 3 rings (SSSR count). The van der Waals surface area contributed by atoms with E-state index in [0.29, 0.717) is 10.0 Å². The third-order valence-corrected chi connectivity index (χ3v) is 4.73. The number of ether oxygens (including phenoxy) is 1. The minimum atomic E-state index is -0.0534. The molecule has 3 atom stereocenters. The first kappa shape index (κ1) is 16.8. The molecule has 1 saturated heterocycles. The maximum atomic E-state index is 6.37. The number of halogens is 2. The summed E-state index contributed by atoms with van der Waals surface area (Å²) in [5.41, 5.74) is 2.29. The molecule has 122 valence electrons. The van der Waals surface area contributed by atoms with Gasteiger partial charge in [0, 0.05) is 10.0 Å². The number of hydrogen-bond donors (Lipinski definition) is 1. The second-order valence-electron chi connectivity index (χ2n) is 6.00. The van der Waals surface area contributed by atoms with E-state index in [2.05, 4.69) is 36.5 Å². The highest BCUT2D eigenvalue weighted by molar-refractivity contribution is 6.34. The van der Waals surface area contributed by atoms with Crippen LogP contribution in [0.25, 0.3) is 0 Å². The van der Waals surface area contributed by atoms with Crippen LogP contribution in [0.2, 0.25) is 10.0 Å². The molecule has 4 heteroatoms. The molecule has 0 saturated carbocycles. The molecule has 1 heterocycles. The summed E-state index contributed by atoms with van der Waals surface area (Å²) in [5, 5.41) is 4.87. The van der Waals surface area contributed by atoms with E-state index in [9.17, 15) is 0 Å². The van der Waals surface area contributed by atoms with Crippen LogP contribution in [0.15, 0.2) is 48.5 Å². The Morgan fingerprint density at radius 3 is 2.48 bits per heavy atom. The van der Waals surface area contributed by atoms with Crippen molar-refractivity contribution in [3.63, 3.8) is 0 Å². The van der Waals surface area contributed by atoms with Crippen molar-refractivity contribution >= 4 is 23.2 Å². The van der Waals surface area contributed by atoms with Gasteiger partial charge >= 0.3 is 0 Å². The monoisotopic (exact) mass is 349 g/mol. The van der Waals surface area contributed by atoms with Gasteiger partial charge in [0.1, 0.15) is 0 Å². The molecule has 0 aliphatic carbocycles. The highest BCUT2D eigenvalue weighted by atomic mass is 35.5. The molecule has 0 bridgehead atoms. The highest BCUT2D eigenvalue weighted by Gasteiger charge is 2.28. The Hall–Kier alpha value is -1.06. The van der Waals surface area contributed by atoms with Gasteiger partial charge in [-0.1, -0.05) is 53.5 Å². The average molecular weight is 350 g/mol. The summed E-state index contributed by atoms with van der Waals surface area (Å²) in [5.74, 6) is 0. The predicted molar refractivity (Wildman–Crippen MR) is 96.2 cm³/mol. The van der Waals surface area contributed by atoms with Crippen LogP contribution in [0.3, 0.4) is 0 Å². The molecule has 0 spiro atoms. The molecule has 0 radical (unpaired) electrons. The summed E-state index contributed by atoms with van der Waals surface area (Å²) in [6.07, 6.45) is 2.25. The summed E-state index contributed by atoms with van der Waals surface area (Å²) in [4.78, 5) is 0. The van der Waals surface area contributed by atoms with Gasteiger partial charge in [-0.3, -0.25) is 0 Å². The number of benzene rings is 2. The third kappa shape index (κ3) is 4.27. The van der Waals surface area contributed by atoms with Gasteiger partial charge in [-0.25, -0.2) is 0 Å². The Morgan fingerprint density at radius 2 is 1.78 bits per heavy atom. The van der Waals surface area contributed by atoms with Crippen LogP contribution >= 0.6 is 23.2 Å². The minimum absolute atomic E-state index is 0.0534. The lowest BCUT2D eigenvalue weighted by molar-refractivity contribution is -0.0392. The first-order valence-corrected chi connectivity index (χ1v) is 8.79. The fourth-order valence-electron chi connectivity index (χ4n) is 3.15. The topological polar surface area (TPSA) is 21.3 Å². The van der Waals surface area contributed by atoms with Crippen LogP contribution in [0.1, 0.15) is 43.0 Å². The molecule has 2 nitrogen and oxygen atoms in total. The summed E-state index contributed by atoms with van der Waals surface area (Å²) in [7, 11) is 0. The van der Waals surface area contributed by atoms with Crippen molar-refractivity contribution in [2.75, 3.05) is 6.54 Å². The van der Waals surface area contributed by atoms with E-state index in [0.717, 1.165) is 24.9 Å². The zero-order valence-electron chi connectivity index (χ0n) is 13.1. The molecule has 1 N–H and O–H groups in total. The minimum Gasteiger partial charge on any atom is -0.369 e. The van der Waals surface area contributed by atoms with E-state index in [4.69, 9.17) is 27.9 Å². The fraction of sp³-hybridized carbons (Fsp3) is 0.368. The van der Waals surface area contributed by atoms with Crippen molar-refractivity contribution in [2.24, 2.45) is 0 Å². The first-order valence-electron chi connectivity index (χ1n) is 8.03. The summed E-state index contributed by atoms with van der Waals surface area (Å²) < 4.78 is 6.37. The standard InChI is InChI=1S/C19H21Cl2NO/c1-13(15-10-16(20)12-17(21)11-15)23-18-8-5-9-22-19(18)14-6-3-2-4-7-14/h2-4,6-7,10-13,18-19,22H,5,8-9H2,1H3/t13-,18+,19+/m1/s1. The van der Waals surface area contributed by atoms with Crippen molar-refractivity contribution in [3.8, 4) is 0 Å². The fourth-order valence-corrected chi connectivity index (χ4v) is 3.69. The Bertz CT molecular complexity index is 627. The maximum Gasteiger partial charge on any atom is 0.0802 e. The van der Waals surface area contributed by atoms with Gasteiger partial charge in [0.2, 0.25) is 0 Å². The van der Waals surface area contributed by atoms with Gasteiger partial charge in [-0.05, 0) is 55.6 Å². The first-order chi connectivity index (χ1) is 11.1. The second kappa shape index (κ2) is 7.67. The molecule has 2 aromatic rings. The van der Waals surface area contributed by atoms with Gasteiger partial charge in [0.15, 0.2) is 0 Å². The van der Waals surface area contributed by atoms with E-state index in [-0.39, 0.29) is 18.2 Å². The molecule has 0 amide bonds. The SMILES string of the molecule is C[C@@H](O[C@H]1CCCN[C@H]1c1ccccc1)c1cc(Cl)cc(Cl)c1. The van der Waals surface area contributed by atoms with Crippen LogP contribution in [0, 0.1) is 0 Å². The molecule has 1 aliphatic heterocycles. The molecular weight excluding hydrogens is 329 g/mol. The number of hydrogen-bond acceptors (Lipinski definition) is 2. The average Bonchev–Trinajstić information content (AvgIpc) is 2.55. The van der Waals surface area contributed by atoms with E-state index in [1.165, 1.54) is 5.56 Å². The molecule has 1 aliphatic rings. The van der Waals surface area contributed by atoms with Gasteiger partial charge in [-0.15, -0.1) is 0 Å². The molecule has 23 heavy (non-hydrogen) atoms. The number of piperidine rings is 1. The van der Waals surface area contributed by atoms with Gasteiger partial charge in [0.25, 0.3) is 0 Å². The normalized spacial score (nSPS) is 22.7. The summed E-state index contributed by atoms with van der Waals surface area (Å²) in [6.45, 7) is 3.08. The Balaban J connectivity index is 1.76.